The summed E-state index contributed by atoms with van der Waals surface area (Å²) < 4.78 is 32.5. The van der Waals surface area contributed by atoms with E-state index in [-0.39, 0.29) is 10.5 Å². The number of carbonyl (C=O) groups excluding carboxylic acids is 3. The summed E-state index contributed by atoms with van der Waals surface area (Å²) in [5.41, 5.74) is -0.529. The zero-order chi connectivity index (χ0) is 23.2. The minimum atomic E-state index is -3.73. The summed E-state index contributed by atoms with van der Waals surface area (Å²) in [5.74, 6) is -1.64. The number of urea groups is 1. The average Bonchev–Trinajstić information content (AvgIpc) is 2.96. The van der Waals surface area contributed by atoms with Crippen LogP contribution in [0.3, 0.4) is 0 Å². The molecule has 0 aliphatic carbocycles. The van der Waals surface area contributed by atoms with Gasteiger partial charge in [0.25, 0.3) is 5.91 Å². The topological polar surface area (TPSA) is 122 Å². The number of amides is 3. The molecule has 1 aliphatic rings. The molecule has 1 heterocycles. The largest absolute Gasteiger partial charge is 0.449 e. The zero-order valence-electron chi connectivity index (χ0n) is 18.4. The molecule has 0 spiro atoms. The van der Waals surface area contributed by atoms with E-state index < -0.39 is 39.6 Å². The highest BCUT2D eigenvalue weighted by molar-refractivity contribution is 7.89. The second-order valence-corrected chi connectivity index (χ2v) is 10.5. The smallest absolute Gasteiger partial charge is 0.338 e. The molecule has 1 aromatic rings. The fraction of sp³-hybridized carbons (Fsp3) is 0.571. The molecule has 0 unspecified atom stereocenters. The first-order chi connectivity index (χ1) is 14.4. The lowest BCUT2D eigenvalue weighted by atomic mass is 10.1. The molecule has 1 fully saturated rings. The van der Waals surface area contributed by atoms with Crippen LogP contribution in [-0.2, 0) is 19.6 Å². The molecule has 1 aliphatic heterocycles. The van der Waals surface area contributed by atoms with Crippen molar-refractivity contribution >= 4 is 27.9 Å². The SMILES string of the molecule is C[C@H](OC(=O)c1cccc(S(=O)(=O)N2CCCCCC2)c1)C(=O)NC(=O)NC(C)(C)C. The molecule has 2 rings (SSSR count). The maximum atomic E-state index is 12.9. The van der Waals surface area contributed by atoms with E-state index in [1.54, 1.807) is 20.8 Å². The van der Waals surface area contributed by atoms with Gasteiger partial charge >= 0.3 is 12.0 Å². The van der Waals surface area contributed by atoms with E-state index in [9.17, 15) is 22.8 Å². The molecule has 2 N–H and O–H groups in total. The van der Waals surface area contributed by atoms with Gasteiger partial charge in [0.2, 0.25) is 10.0 Å². The minimum absolute atomic E-state index is 0.00510. The van der Waals surface area contributed by atoms with Gasteiger partial charge < -0.3 is 10.1 Å². The average molecular weight is 454 g/mol. The van der Waals surface area contributed by atoms with E-state index >= 15 is 0 Å². The number of sulfonamides is 1. The summed E-state index contributed by atoms with van der Waals surface area (Å²) in [6.45, 7) is 7.50. The van der Waals surface area contributed by atoms with Crippen LogP contribution in [0.1, 0.15) is 63.7 Å². The molecule has 1 aromatic carbocycles. The molecule has 1 atom stereocenters. The van der Waals surface area contributed by atoms with Crippen LogP contribution in [0, 0.1) is 0 Å². The Morgan fingerprint density at radius 1 is 1.06 bits per heavy atom. The van der Waals surface area contributed by atoms with Gasteiger partial charge in [0.1, 0.15) is 0 Å². The van der Waals surface area contributed by atoms with E-state index in [0.717, 1.165) is 25.7 Å². The number of carbonyl (C=O) groups is 3. The van der Waals surface area contributed by atoms with Crippen LogP contribution < -0.4 is 10.6 Å². The van der Waals surface area contributed by atoms with Gasteiger partial charge in [0, 0.05) is 18.6 Å². The summed E-state index contributed by atoms with van der Waals surface area (Å²) in [4.78, 5) is 36.4. The number of hydrogen-bond donors (Lipinski definition) is 2. The van der Waals surface area contributed by atoms with Crippen LogP contribution in [0.4, 0.5) is 4.79 Å². The quantitative estimate of drug-likeness (QED) is 0.660. The van der Waals surface area contributed by atoms with Crippen molar-refractivity contribution in [2.45, 2.75) is 69.9 Å². The molecular formula is C21H31N3O6S. The van der Waals surface area contributed by atoms with E-state index in [1.807, 2.05) is 0 Å². The number of ether oxygens (including phenoxy) is 1. The zero-order valence-corrected chi connectivity index (χ0v) is 19.3. The number of nitrogens with one attached hydrogen (secondary N) is 2. The highest BCUT2D eigenvalue weighted by atomic mass is 32.2. The van der Waals surface area contributed by atoms with Crippen LogP contribution in [0.25, 0.3) is 0 Å². The molecule has 31 heavy (non-hydrogen) atoms. The van der Waals surface area contributed by atoms with E-state index in [0.29, 0.717) is 13.1 Å². The second-order valence-electron chi connectivity index (χ2n) is 8.59. The Morgan fingerprint density at radius 2 is 1.68 bits per heavy atom. The fourth-order valence-electron chi connectivity index (χ4n) is 3.08. The van der Waals surface area contributed by atoms with Gasteiger partial charge in [-0.3, -0.25) is 10.1 Å². The van der Waals surface area contributed by atoms with Crippen LogP contribution >= 0.6 is 0 Å². The lowest BCUT2D eigenvalue weighted by Gasteiger charge is -2.21. The van der Waals surface area contributed by atoms with Crippen molar-refractivity contribution in [3.63, 3.8) is 0 Å². The van der Waals surface area contributed by atoms with Gasteiger partial charge in [-0.15, -0.1) is 0 Å². The summed E-state index contributed by atoms with van der Waals surface area (Å²) in [7, 11) is -3.73. The Morgan fingerprint density at radius 3 is 2.26 bits per heavy atom. The molecule has 9 nitrogen and oxygen atoms in total. The highest BCUT2D eigenvalue weighted by Crippen LogP contribution is 2.21. The standard InChI is InChI=1S/C21H31N3O6S/c1-15(18(25)22-20(27)23-21(2,3)4)30-19(26)16-10-9-11-17(14-16)31(28,29)24-12-7-5-6-8-13-24/h9-11,14-15H,5-8,12-13H2,1-4H3,(H2,22,23,25,27)/t15-/m0/s1. The predicted molar refractivity (Wildman–Crippen MR) is 115 cm³/mol. The number of benzene rings is 1. The van der Waals surface area contributed by atoms with E-state index in [2.05, 4.69) is 10.6 Å². The molecule has 0 saturated carbocycles. The van der Waals surface area contributed by atoms with E-state index in [4.69, 9.17) is 4.74 Å². The molecule has 0 radical (unpaired) electrons. The van der Waals surface area contributed by atoms with Gasteiger partial charge in [-0.05, 0) is 58.7 Å². The van der Waals surface area contributed by atoms with Crippen molar-refractivity contribution in [1.82, 2.24) is 14.9 Å². The van der Waals surface area contributed by atoms with E-state index in [1.165, 1.54) is 35.5 Å². The number of esters is 1. The first-order valence-corrected chi connectivity index (χ1v) is 11.8. The Kier molecular flexibility index (Phi) is 8.19. The van der Waals surface area contributed by atoms with Crippen LogP contribution in [0.15, 0.2) is 29.2 Å². The molecular weight excluding hydrogens is 422 g/mol. The molecule has 3 amide bonds. The Balaban J connectivity index is 2.05. The van der Waals surface area contributed by atoms with Crippen LogP contribution in [-0.4, -0.2) is 55.4 Å². The van der Waals surface area contributed by atoms with Gasteiger partial charge in [0.15, 0.2) is 6.10 Å². The van der Waals surface area contributed by atoms with Gasteiger partial charge in [0.05, 0.1) is 10.5 Å². The first-order valence-electron chi connectivity index (χ1n) is 10.3. The number of hydrogen-bond acceptors (Lipinski definition) is 6. The van der Waals surface area contributed by atoms with Crippen molar-refractivity contribution in [2.24, 2.45) is 0 Å². The number of rotatable bonds is 5. The number of nitrogens with zero attached hydrogens (tertiary/aromatic N) is 1. The first kappa shape index (κ1) is 24.8. The monoisotopic (exact) mass is 453 g/mol. The second kappa shape index (κ2) is 10.2. The molecule has 0 bridgehead atoms. The molecule has 172 valence electrons. The lowest BCUT2D eigenvalue weighted by Crippen LogP contribution is -2.50. The predicted octanol–water partition coefficient (Wildman–Crippen LogP) is 2.42. The highest BCUT2D eigenvalue weighted by Gasteiger charge is 2.27. The molecule has 10 heteroatoms. The summed E-state index contributed by atoms with van der Waals surface area (Å²) in [5, 5.41) is 4.68. The summed E-state index contributed by atoms with van der Waals surface area (Å²) >= 11 is 0. The minimum Gasteiger partial charge on any atom is -0.449 e. The maximum absolute atomic E-state index is 12.9. The van der Waals surface area contributed by atoms with Crippen molar-refractivity contribution in [3.8, 4) is 0 Å². The van der Waals surface area contributed by atoms with Crippen molar-refractivity contribution in [2.75, 3.05) is 13.1 Å². The third kappa shape index (κ3) is 7.32. The fourth-order valence-corrected chi connectivity index (χ4v) is 4.65. The normalized spacial score (nSPS) is 16.6. The van der Waals surface area contributed by atoms with Crippen molar-refractivity contribution in [1.29, 1.82) is 0 Å². The Labute approximate surface area is 183 Å². The van der Waals surface area contributed by atoms with Crippen molar-refractivity contribution < 1.29 is 27.5 Å². The third-order valence-corrected chi connectivity index (χ3v) is 6.55. The van der Waals surface area contributed by atoms with Gasteiger partial charge in [-0.25, -0.2) is 18.0 Å². The summed E-state index contributed by atoms with van der Waals surface area (Å²) in [6.07, 6.45) is 2.34. The Hall–Kier alpha value is -2.46. The van der Waals surface area contributed by atoms with Gasteiger partial charge in [-0.1, -0.05) is 18.9 Å². The molecule has 1 saturated heterocycles. The van der Waals surface area contributed by atoms with Gasteiger partial charge in [-0.2, -0.15) is 4.31 Å². The van der Waals surface area contributed by atoms with Crippen LogP contribution in [0.5, 0.6) is 0 Å². The third-order valence-electron chi connectivity index (χ3n) is 4.65. The van der Waals surface area contributed by atoms with Crippen LogP contribution in [0.2, 0.25) is 0 Å². The number of imide groups is 1. The summed E-state index contributed by atoms with van der Waals surface area (Å²) in [6, 6.07) is 4.86. The lowest BCUT2D eigenvalue weighted by molar-refractivity contribution is -0.127. The van der Waals surface area contributed by atoms with Crippen molar-refractivity contribution in [3.05, 3.63) is 29.8 Å². The Bertz CT molecular complexity index is 915. The molecule has 0 aromatic heterocycles. The maximum Gasteiger partial charge on any atom is 0.338 e.